The Kier molecular flexibility index (Phi) is 8.84. The van der Waals surface area contributed by atoms with Gasteiger partial charge in [-0.05, 0) is 29.8 Å². The van der Waals surface area contributed by atoms with Crippen LogP contribution in [0.3, 0.4) is 0 Å². The van der Waals surface area contributed by atoms with Crippen molar-refractivity contribution in [3.8, 4) is 0 Å². The highest BCUT2D eigenvalue weighted by molar-refractivity contribution is 6.74. The van der Waals surface area contributed by atoms with Crippen molar-refractivity contribution in [1.29, 1.82) is 0 Å². The van der Waals surface area contributed by atoms with Crippen molar-refractivity contribution in [3.05, 3.63) is 62.7 Å². The highest BCUT2D eigenvalue weighted by Gasteiger charge is 2.45. The molecule has 3 atom stereocenters. The van der Waals surface area contributed by atoms with Gasteiger partial charge in [0, 0.05) is 31.2 Å². The first kappa shape index (κ1) is 28.4. The molecule has 37 heavy (non-hydrogen) atoms. The molecule has 1 aromatic carbocycles. The Morgan fingerprint density at radius 1 is 1.30 bits per heavy atom. The van der Waals surface area contributed by atoms with Crippen molar-refractivity contribution in [3.63, 3.8) is 0 Å². The molecular weight excluding hydrogens is 500 g/mol. The average molecular weight is 535 g/mol. The first-order chi connectivity index (χ1) is 17.3. The second kappa shape index (κ2) is 11.5. The average Bonchev–Trinajstić information content (AvgIpc) is 3.20. The van der Waals surface area contributed by atoms with Crippen LogP contribution in [-0.2, 0) is 20.3 Å². The minimum Gasteiger partial charge on any atom is -0.449 e. The molecule has 2 aromatic rings. The van der Waals surface area contributed by atoms with Crippen molar-refractivity contribution in [2.24, 2.45) is 0 Å². The van der Waals surface area contributed by atoms with Crippen LogP contribution in [0.25, 0.3) is 0 Å². The van der Waals surface area contributed by atoms with Crippen molar-refractivity contribution in [2.75, 3.05) is 18.5 Å². The zero-order chi connectivity index (χ0) is 27.4. The molecule has 2 N–H and O–H groups in total. The lowest BCUT2D eigenvalue weighted by Crippen LogP contribution is -2.46. The molecule has 2 heterocycles. The van der Waals surface area contributed by atoms with E-state index in [9.17, 15) is 24.8 Å². The van der Waals surface area contributed by atoms with Gasteiger partial charge in [-0.2, -0.15) is 4.98 Å². The van der Waals surface area contributed by atoms with E-state index in [0.717, 1.165) is 5.56 Å². The van der Waals surface area contributed by atoms with Gasteiger partial charge in [0.25, 0.3) is 5.69 Å². The molecule has 1 saturated heterocycles. The molecule has 0 saturated carbocycles. The molecule has 202 valence electrons. The number of benzene rings is 1. The summed E-state index contributed by atoms with van der Waals surface area (Å²) in [6.45, 7) is 10.4. The van der Waals surface area contributed by atoms with Crippen LogP contribution >= 0.6 is 0 Å². The van der Waals surface area contributed by atoms with Gasteiger partial charge in [0.2, 0.25) is 0 Å². The largest absolute Gasteiger partial charge is 0.449 e. The highest BCUT2D eigenvalue weighted by Crippen LogP contribution is 2.40. The van der Waals surface area contributed by atoms with Crippen LogP contribution in [-0.4, -0.2) is 59.4 Å². The van der Waals surface area contributed by atoms with Crippen LogP contribution in [0, 0.1) is 10.1 Å². The summed E-state index contributed by atoms with van der Waals surface area (Å²) in [6.07, 6.45) is -0.141. The smallest absolute Gasteiger partial charge is 0.412 e. The maximum atomic E-state index is 12.7. The number of amides is 1. The Morgan fingerprint density at radius 3 is 2.54 bits per heavy atom. The summed E-state index contributed by atoms with van der Waals surface area (Å²) in [4.78, 5) is 38.9. The van der Waals surface area contributed by atoms with Crippen LogP contribution < -0.4 is 11.0 Å². The van der Waals surface area contributed by atoms with Gasteiger partial charge in [0.05, 0.1) is 24.2 Å². The number of ether oxygens (including phenoxy) is 2. The lowest BCUT2D eigenvalue weighted by Gasteiger charge is -2.39. The molecule has 3 rings (SSSR count). The maximum Gasteiger partial charge on any atom is 0.412 e. The Bertz CT molecular complexity index is 1160. The molecule has 12 nitrogen and oxygen atoms in total. The zero-order valence-electron chi connectivity index (χ0n) is 21.7. The third-order valence-corrected chi connectivity index (χ3v) is 11.3. The Hall–Kier alpha value is -3.13. The van der Waals surface area contributed by atoms with Crippen LogP contribution in [0.15, 0.2) is 41.3 Å². The second-order valence-corrected chi connectivity index (χ2v) is 15.2. The van der Waals surface area contributed by atoms with Crippen LogP contribution in [0.2, 0.25) is 18.1 Å². The number of hydrogen-bond acceptors (Lipinski definition) is 9. The highest BCUT2D eigenvalue weighted by atomic mass is 28.4. The SMILES string of the molecule is CC(C)(C)[Si](C)(C)O[C@H]1C[C@H](n2ccc(NC(=O)OCCc3ccc([N+](=O)[O-])cc3)nc2=O)O[C@@H]1CO. The molecule has 0 bridgehead atoms. The van der Waals surface area contributed by atoms with E-state index in [-0.39, 0.29) is 35.9 Å². The van der Waals surface area contributed by atoms with E-state index in [1.165, 1.54) is 29.0 Å². The number of anilines is 1. The van der Waals surface area contributed by atoms with Gasteiger partial charge in [0.15, 0.2) is 8.32 Å². The number of hydrogen-bond donors (Lipinski definition) is 2. The monoisotopic (exact) mass is 534 g/mol. The molecule has 0 unspecified atom stereocenters. The van der Waals surface area contributed by atoms with E-state index in [1.54, 1.807) is 12.1 Å². The molecule has 0 aliphatic carbocycles. The van der Waals surface area contributed by atoms with Crippen molar-refractivity contribution in [2.45, 2.75) is 70.2 Å². The predicted molar refractivity (Wildman–Crippen MR) is 138 cm³/mol. The fourth-order valence-electron chi connectivity index (χ4n) is 3.60. The number of nitrogens with one attached hydrogen (secondary N) is 1. The van der Waals surface area contributed by atoms with Crippen molar-refractivity contribution < 1.29 is 28.7 Å². The fourth-order valence-corrected chi connectivity index (χ4v) is 4.96. The summed E-state index contributed by atoms with van der Waals surface area (Å²) >= 11 is 0. The number of carbonyl (C=O) groups is 1. The third-order valence-electron chi connectivity index (χ3n) is 6.75. The van der Waals surface area contributed by atoms with Crippen LogP contribution in [0.5, 0.6) is 0 Å². The standard InChI is InChI=1S/C24H34N4O8Si/c1-24(2,3)37(4,5)36-18-14-21(35-19(18)15-29)27-12-10-20(25-22(27)30)26-23(31)34-13-11-16-6-8-17(9-7-16)28(32)33/h6-10,12,18-19,21,29H,11,13-15H2,1-5H3,(H,25,26,30,31)/t18-,19+,21+/m0/s1. The molecule has 0 radical (unpaired) electrons. The summed E-state index contributed by atoms with van der Waals surface area (Å²) in [5.41, 5.74) is 0.128. The molecule has 1 aromatic heterocycles. The first-order valence-electron chi connectivity index (χ1n) is 12.0. The normalized spacial score (nSPS) is 20.0. The Morgan fingerprint density at radius 2 is 1.97 bits per heavy atom. The number of rotatable bonds is 9. The number of non-ortho nitro benzene ring substituents is 1. The van der Waals surface area contributed by atoms with E-state index < -0.39 is 37.4 Å². The summed E-state index contributed by atoms with van der Waals surface area (Å²) in [5, 5.41) is 22.9. The topological polar surface area (TPSA) is 155 Å². The number of carbonyl (C=O) groups excluding carboxylic acids is 1. The molecule has 13 heteroatoms. The quantitative estimate of drug-likeness (QED) is 0.279. The van der Waals surface area contributed by atoms with Gasteiger partial charge in [-0.3, -0.25) is 20.0 Å². The van der Waals surface area contributed by atoms with Crippen LogP contribution in [0.1, 0.15) is 39.0 Å². The van der Waals surface area contributed by atoms with Gasteiger partial charge in [-0.1, -0.05) is 32.9 Å². The molecule has 0 spiro atoms. The van der Waals surface area contributed by atoms with E-state index in [0.29, 0.717) is 12.8 Å². The van der Waals surface area contributed by atoms with Gasteiger partial charge in [0.1, 0.15) is 18.1 Å². The van der Waals surface area contributed by atoms with E-state index in [1.807, 2.05) is 0 Å². The van der Waals surface area contributed by atoms with Gasteiger partial charge in [-0.15, -0.1) is 0 Å². The maximum absolute atomic E-state index is 12.7. The molecule has 1 aliphatic rings. The van der Waals surface area contributed by atoms with E-state index in [2.05, 4.69) is 44.2 Å². The number of aromatic nitrogens is 2. The Labute approximate surface area is 215 Å². The number of nitro groups is 1. The van der Waals surface area contributed by atoms with Crippen molar-refractivity contribution >= 4 is 25.9 Å². The first-order valence-corrected chi connectivity index (χ1v) is 14.9. The van der Waals surface area contributed by atoms with Gasteiger partial charge < -0.3 is 19.0 Å². The lowest BCUT2D eigenvalue weighted by molar-refractivity contribution is -0.384. The summed E-state index contributed by atoms with van der Waals surface area (Å²) in [7, 11) is -2.12. The molecular formula is C24H34N4O8Si. The summed E-state index contributed by atoms with van der Waals surface area (Å²) in [6, 6.07) is 7.40. The van der Waals surface area contributed by atoms with E-state index in [4.69, 9.17) is 13.9 Å². The number of nitrogens with zero attached hydrogens (tertiary/aromatic N) is 3. The minimum atomic E-state index is -2.12. The molecule has 1 fully saturated rings. The number of nitro benzene ring substituents is 1. The van der Waals surface area contributed by atoms with Gasteiger partial charge >= 0.3 is 11.8 Å². The predicted octanol–water partition coefficient (Wildman–Crippen LogP) is 3.61. The van der Waals surface area contributed by atoms with Crippen LogP contribution in [0.4, 0.5) is 16.3 Å². The Balaban J connectivity index is 1.56. The van der Waals surface area contributed by atoms with E-state index >= 15 is 0 Å². The fraction of sp³-hybridized carbons (Fsp3) is 0.542. The second-order valence-electron chi connectivity index (χ2n) is 10.4. The van der Waals surface area contributed by atoms with Gasteiger partial charge in [-0.25, -0.2) is 9.59 Å². The summed E-state index contributed by atoms with van der Waals surface area (Å²) < 4.78 is 18.8. The molecule has 1 amide bonds. The lowest BCUT2D eigenvalue weighted by atomic mass is 10.1. The summed E-state index contributed by atoms with van der Waals surface area (Å²) in [5.74, 6) is 0.0207. The number of aliphatic hydroxyl groups is 1. The minimum absolute atomic E-state index is 0.0169. The number of aliphatic hydroxyl groups excluding tert-OH is 1. The molecule has 1 aliphatic heterocycles. The van der Waals surface area contributed by atoms with Crippen molar-refractivity contribution in [1.82, 2.24) is 9.55 Å². The third kappa shape index (κ3) is 7.22. The zero-order valence-corrected chi connectivity index (χ0v) is 22.7.